The van der Waals surface area contributed by atoms with E-state index in [2.05, 4.69) is 5.32 Å². The average molecular weight is 558 g/mol. The predicted octanol–water partition coefficient (Wildman–Crippen LogP) is 5.98. The topological polar surface area (TPSA) is 102 Å². The molecule has 39 heavy (non-hydrogen) atoms. The molecule has 0 aromatic heterocycles. The number of carboxylic acids is 1. The summed E-state index contributed by atoms with van der Waals surface area (Å²) in [6.07, 6.45) is 0. The molecule has 1 amide bonds. The van der Waals surface area contributed by atoms with E-state index in [1.165, 1.54) is 36.4 Å². The summed E-state index contributed by atoms with van der Waals surface area (Å²) in [5, 5.41) is 12.7. The molecule has 2 N–H and O–H groups in total. The fourth-order valence-corrected chi connectivity index (χ4v) is 4.03. The van der Waals surface area contributed by atoms with Crippen molar-refractivity contribution in [1.29, 1.82) is 0 Å². The number of halogens is 2. The van der Waals surface area contributed by atoms with Crippen molar-refractivity contribution < 1.29 is 29.0 Å². The number of rotatable bonds is 10. The van der Waals surface area contributed by atoms with E-state index in [0.29, 0.717) is 21.9 Å². The van der Waals surface area contributed by atoms with Gasteiger partial charge in [0, 0.05) is 16.1 Å². The van der Waals surface area contributed by atoms with Crippen LogP contribution in [0.15, 0.2) is 91.0 Å². The fraction of sp³-hybridized carbons (Fsp3) is 0.0690. The Morgan fingerprint density at radius 2 is 1.33 bits per heavy atom. The molecule has 0 fully saturated rings. The van der Waals surface area contributed by atoms with Gasteiger partial charge in [-0.05, 0) is 60.7 Å². The summed E-state index contributed by atoms with van der Waals surface area (Å²) in [5.74, 6) is -1.05. The van der Waals surface area contributed by atoms with Crippen molar-refractivity contribution in [3.05, 3.63) is 123 Å². The first-order valence-electron chi connectivity index (χ1n) is 11.4. The van der Waals surface area contributed by atoms with E-state index in [4.69, 9.17) is 32.7 Å². The molecule has 0 saturated carbocycles. The molecule has 0 aliphatic rings. The zero-order valence-corrected chi connectivity index (χ0v) is 21.3. The summed E-state index contributed by atoms with van der Waals surface area (Å²) in [6, 6.07) is 24.4. The number of amides is 1. The number of nitrogens with one attached hydrogen (secondary N) is 1. The van der Waals surface area contributed by atoms with Crippen LogP contribution < -0.4 is 14.8 Å². The number of hydrogen-bond donors (Lipinski definition) is 2. The summed E-state index contributed by atoms with van der Waals surface area (Å²) in [6.45, 7) is 0.317. The third-order valence-corrected chi connectivity index (χ3v) is 5.97. The van der Waals surface area contributed by atoms with Gasteiger partial charge in [-0.3, -0.25) is 9.59 Å². The fourth-order valence-electron chi connectivity index (χ4n) is 3.54. The summed E-state index contributed by atoms with van der Waals surface area (Å²) >= 11 is 11.9. The van der Waals surface area contributed by atoms with Gasteiger partial charge in [0.1, 0.15) is 24.7 Å². The van der Waals surface area contributed by atoms with Crippen LogP contribution in [0.3, 0.4) is 0 Å². The number of ketones is 1. The van der Waals surface area contributed by atoms with Gasteiger partial charge in [0.25, 0.3) is 5.91 Å². The maximum atomic E-state index is 12.6. The van der Waals surface area contributed by atoms with Gasteiger partial charge in [0.05, 0.1) is 21.8 Å². The molecule has 0 unspecified atom stereocenters. The first-order chi connectivity index (χ1) is 18.3. The summed E-state index contributed by atoms with van der Waals surface area (Å²) in [4.78, 5) is 36.9. The number of carbonyl (C=O) groups excluding carboxylic acids is 2. The van der Waals surface area contributed by atoms with Gasteiger partial charge < -0.3 is 19.9 Å². The second-order valence-corrected chi connectivity index (χ2v) is 8.85. The summed E-state index contributed by atoms with van der Waals surface area (Å²) < 4.78 is 11.3. The van der Waals surface area contributed by atoms with Gasteiger partial charge in [0.15, 0.2) is 5.78 Å². The Labute approximate surface area is 246 Å². The SMILES string of the molecule is O=C(c1ccccc1)c1ccc(OCCOc2ccc(NC(=O)c3ccc(Cl)cc3Cl)c(C(=O)O)c2)cc1.[LiH]. The standard InChI is InChI=1S/C29H21Cl2NO6.Li.H/c30-20-8-12-23(25(31)16-20)28(34)32-26-13-11-22(17-24(26)29(35)36)38-15-14-37-21-9-6-19(7-10-21)27(33)18-4-2-1-3-5-18;;/h1-13,16-17H,14-15H2,(H,32,34)(H,35,36);;. The monoisotopic (exact) mass is 557 g/mol. The Kier molecular flexibility index (Phi) is 10.6. The van der Waals surface area contributed by atoms with Crippen LogP contribution in [0.5, 0.6) is 11.5 Å². The van der Waals surface area contributed by atoms with Crippen LogP contribution in [-0.4, -0.2) is 54.8 Å². The van der Waals surface area contributed by atoms with E-state index in [1.807, 2.05) is 18.2 Å². The summed E-state index contributed by atoms with van der Waals surface area (Å²) in [5.41, 5.74) is 1.24. The molecule has 0 aliphatic carbocycles. The number of hydrogen-bond acceptors (Lipinski definition) is 5. The van der Waals surface area contributed by atoms with E-state index >= 15 is 0 Å². The number of aromatic carboxylic acids is 1. The third kappa shape index (κ3) is 7.88. The molecule has 0 aliphatic heterocycles. The van der Waals surface area contributed by atoms with Crippen molar-refractivity contribution >= 4 is 65.4 Å². The van der Waals surface area contributed by atoms with Crippen LogP contribution in [0.1, 0.15) is 36.6 Å². The molecule has 0 bridgehead atoms. The van der Waals surface area contributed by atoms with Crippen LogP contribution in [0.25, 0.3) is 0 Å². The molecular formula is C29H22Cl2LiNO6. The van der Waals surface area contributed by atoms with Crippen molar-refractivity contribution in [2.45, 2.75) is 0 Å². The Morgan fingerprint density at radius 3 is 1.97 bits per heavy atom. The van der Waals surface area contributed by atoms with Crippen molar-refractivity contribution in [2.75, 3.05) is 18.5 Å². The van der Waals surface area contributed by atoms with Crippen LogP contribution in [0.4, 0.5) is 5.69 Å². The van der Waals surface area contributed by atoms with E-state index in [0.717, 1.165) is 0 Å². The number of carbonyl (C=O) groups is 3. The van der Waals surface area contributed by atoms with Crippen LogP contribution in [-0.2, 0) is 0 Å². The van der Waals surface area contributed by atoms with E-state index in [1.54, 1.807) is 36.4 Å². The number of carboxylic acid groups (broad SMARTS) is 1. The molecule has 4 aromatic carbocycles. The van der Waals surface area contributed by atoms with Gasteiger partial charge in [-0.15, -0.1) is 0 Å². The molecular weight excluding hydrogens is 536 g/mol. The van der Waals surface area contributed by atoms with Gasteiger partial charge in [-0.25, -0.2) is 4.79 Å². The van der Waals surface area contributed by atoms with Gasteiger partial charge in [-0.2, -0.15) is 0 Å². The molecule has 0 spiro atoms. The first-order valence-corrected chi connectivity index (χ1v) is 12.2. The summed E-state index contributed by atoms with van der Waals surface area (Å²) in [7, 11) is 0. The number of anilines is 1. The van der Waals surface area contributed by atoms with Crippen LogP contribution in [0.2, 0.25) is 10.0 Å². The molecule has 4 aromatic rings. The molecule has 0 radical (unpaired) electrons. The Bertz CT molecular complexity index is 1480. The van der Waals surface area contributed by atoms with Crippen molar-refractivity contribution in [2.24, 2.45) is 0 Å². The van der Waals surface area contributed by atoms with Crippen LogP contribution >= 0.6 is 23.2 Å². The first kappa shape index (κ1) is 29.8. The van der Waals surface area contributed by atoms with Gasteiger partial charge in [0.2, 0.25) is 0 Å². The average Bonchev–Trinajstić information content (AvgIpc) is 2.92. The molecule has 0 saturated heterocycles. The molecule has 7 nitrogen and oxygen atoms in total. The minimum atomic E-state index is -1.24. The third-order valence-electron chi connectivity index (χ3n) is 5.42. The Balaban J connectivity index is 0.00000420. The molecule has 194 valence electrons. The zero-order chi connectivity index (χ0) is 27.1. The number of ether oxygens (including phenoxy) is 2. The maximum absolute atomic E-state index is 12.6. The van der Waals surface area contributed by atoms with Crippen molar-refractivity contribution in [3.8, 4) is 11.5 Å². The van der Waals surface area contributed by atoms with E-state index in [-0.39, 0.29) is 65.4 Å². The second kappa shape index (κ2) is 13.9. The Morgan fingerprint density at radius 1 is 0.718 bits per heavy atom. The predicted molar refractivity (Wildman–Crippen MR) is 152 cm³/mol. The van der Waals surface area contributed by atoms with Gasteiger partial charge in [-0.1, -0.05) is 53.5 Å². The normalized spacial score (nSPS) is 10.2. The molecule has 0 heterocycles. The van der Waals surface area contributed by atoms with E-state index < -0.39 is 11.9 Å². The molecule has 4 rings (SSSR count). The minimum absolute atomic E-state index is 0. The quantitative estimate of drug-likeness (QED) is 0.141. The van der Waals surface area contributed by atoms with Crippen molar-refractivity contribution in [3.63, 3.8) is 0 Å². The second-order valence-electron chi connectivity index (χ2n) is 8.01. The number of benzene rings is 4. The molecule has 0 atom stereocenters. The Hall–Kier alpha value is -3.73. The van der Waals surface area contributed by atoms with Gasteiger partial charge >= 0.3 is 24.8 Å². The molecule has 10 heteroatoms. The zero-order valence-electron chi connectivity index (χ0n) is 19.8. The van der Waals surface area contributed by atoms with Crippen LogP contribution in [0, 0.1) is 0 Å². The van der Waals surface area contributed by atoms with Crippen molar-refractivity contribution in [1.82, 2.24) is 0 Å². The van der Waals surface area contributed by atoms with E-state index in [9.17, 15) is 19.5 Å².